The molecule has 0 spiro atoms. The molecule has 0 unspecified atom stereocenters. The molecule has 14 heavy (non-hydrogen) atoms. The van der Waals surface area contributed by atoms with Gasteiger partial charge < -0.3 is 0 Å². The van der Waals surface area contributed by atoms with E-state index in [9.17, 15) is 0 Å². The van der Waals surface area contributed by atoms with Crippen molar-refractivity contribution in [3.8, 4) is 0 Å². The first-order chi connectivity index (χ1) is 6.95. The highest BCUT2D eigenvalue weighted by Crippen LogP contribution is 1.92. The molecule has 1 aromatic heterocycles. The van der Waals surface area contributed by atoms with E-state index in [1.165, 1.54) is 0 Å². The maximum atomic E-state index is 4.27. The fourth-order valence-corrected chi connectivity index (χ4v) is 1.14. The van der Waals surface area contributed by atoms with E-state index >= 15 is 0 Å². The average Bonchev–Trinajstić information content (AvgIpc) is 2.29. The van der Waals surface area contributed by atoms with Gasteiger partial charge in [-0.05, 0) is 10.7 Å². The highest BCUT2D eigenvalue weighted by molar-refractivity contribution is 5.78. The van der Waals surface area contributed by atoms with Gasteiger partial charge in [0.05, 0.1) is 0 Å². The normalized spacial score (nSPS) is 10.6. The lowest BCUT2D eigenvalue weighted by Gasteiger charge is -1.87. The molecule has 0 atom stereocenters. The van der Waals surface area contributed by atoms with E-state index in [1.54, 1.807) is 4.68 Å². The Bertz CT molecular complexity index is 365. The number of rotatable bonds is 2. The van der Waals surface area contributed by atoms with Crippen LogP contribution in [0.15, 0.2) is 66.0 Å². The summed E-state index contributed by atoms with van der Waals surface area (Å²) in [5.41, 5.74) is 1.10. The molecule has 0 aliphatic carbocycles. The van der Waals surface area contributed by atoms with Crippen molar-refractivity contribution >= 4 is 6.21 Å². The molecule has 68 valence electrons. The van der Waals surface area contributed by atoms with E-state index in [0.717, 1.165) is 5.56 Å². The summed E-state index contributed by atoms with van der Waals surface area (Å²) in [5.74, 6) is 0. The minimum absolute atomic E-state index is 1.10. The zero-order chi connectivity index (χ0) is 9.64. The molecule has 0 aliphatic heterocycles. The third-order valence-electron chi connectivity index (χ3n) is 1.84. The smallest absolute Gasteiger partial charge is 0.0622 e. The zero-order valence-corrected chi connectivity index (χ0v) is 7.75. The first-order valence-electron chi connectivity index (χ1n) is 4.51. The lowest BCUT2D eigenvalue weighted by molar-refractivity contribution is -0.678. The summed E-state index contributed by atoms with van der Waals surface area (Å²) in [7, 11) is 0. The molecule has 0 bridgehead atoms. The van der Waals surface area contributed by atoms with Crippen LogP contribution >= 0.6 is 0 Å². The minimum Gasteiger partial charge on any atom is -0.0622 e. The van der Waals surface area contributed by atoms with Crippen molar-refractivity contribution in [2.24, 2.45) is 5.10 Å². The van der Waals surface area contributed by atoms with E-state index in [4.69, 9.17) is 0 Å². The molecule has 1 aromatic carbocycles. The van der Waals surface area contributed by atoms with Gasteiger partial charge in [-0.1, -0.05) is 41.1 Å². The number of hydrogen-bond donors (Lipinski definition) is 0. The third kappa shape index (κ3) is 2.26. The second kappa shape index (κ2) is 4.33. The van der Waals surface area contributed by atoms with Crippen molar-refractivity contribution in [2.75, 3.05) is 0 Å². The third-order valence-corrected chi connectivity index (χ3v) is 1.84. The van der Waals surface area contributed by atoms with Crippen LogP contribution in [0.4, 0.5) is 0 Å². The number of nitrogens with zero attached hydrogens (tertiary/aromatic N) is 2. The van der Waals surface area contributed by atoms with Crippen LogP contribution in [-0.4, -0.2) is 6.21 Å². The number of pyridine rings is 1. The molecule has 2 aromatic rings. The molecule has 2 nitrogen and oxygen atoms in total. The van der Waals surface area contributed by atoms with Crippen LogP contribution in [0, 0.1) is 0 Å². The Balaban J connectivity index is 2.16. The molecule has 0 amide bonds. The van der Waals surface area contributed by atoms with Gasteiger partial charge in [-0.15, -0.1) is 0 Å². The van der Waals surface area contributed by atoms with Gasteiger partial charge in [0.1, 0.15) is 6.21 Å². The lowest BCUT2D eigenvalue weighted by Crippen LogP contribution is -2.25. The van der Waals surface area contributed by atoms with Gasteiger partial charge in [0, 0.05) is 12.1 Å². The number of benzene rings is 1. The van der Waals surface area contributed by atoms with Crippen molar-refractivity contribution in [3.63, 3.8) is 0 Å². The SMILES string of the molecule is C(=N[n+]1ccccc1)c1ccccc1. The van der Waals surface area contributed by atoms with E-state index in [0.29, 0.717) is 0 Å². The summed E-state index contributed by atoms with van der Waals surface area (Å²) in [4.78, 5) is 0. The molecule has 0 saturated heterocycles. The number of aromatic nitrogens is 1. The van der Waals surface area contributed by atoms with Crippen LogP contribution in [0.25, 0.3) is 0 Å². The van der Waals surface area contributed by atoms with Crippen molar-refractivity contribution < 1.29 is 4.68 Å². The Morgan fingerprint density at radius 1 is 0.857 bits per heavy atom. The highest BCUT2D eigenvalue weighted by atomic mass is 15.3. The van der Waals surface area contributed by atoms with Gasteiger partial charge in [-0.25, -0.2) is 0 Å². The quantitative estimate of drug-likeness (QED) is 0.499. The first-order valence-corrected chi connectivity index (χ1v) is 4.51. The fraction of sp³-hybridized carbons (Fsp3) is 0. The van der Waals surface area contributed by atoms with Crippen molar-refractivity contribution in [2.45, 2.75) is 0 Å². The van der Waals surface area contributed by atoms with E-state index < -0.39 is 0 Å². The largest absolute Gasteiger partial charge is 0.202 e. The minimum atomic E-state index is 1.10. The molecular formula is C12H11N2+. The number of hydrogen-bond acceptors (Lipinski definition) is 1. The first kappa shape index (κ1) is 8.63. The Morgan fingerprint density at radius 2 is 1.50 bits per heavy atom. The standard InChI is InChI=1S/C12H11N2/c1-3-7-12(8-4-1)11-13-14-9-5-2-6-10-14/h1-11H/q+1. The summed E-state index contributed by atoms with van der Waals surface area (Å²) < 4.78 is 1.77. The van der Waals surface area contributed by atoms with Crippen molar-refractivity contribution in [3.05, 3.63) is 66.5 Å². The van der Waals surface area contributed by atoms with Gasteiger partial charge in [-0.2, -0.15) is 0 Å². The van der Waals surface area contributed by atoms with Gasteiger partial charge in [0.2, 0.25) is 12.4 Å². The predicted octanol–water partition coefficient (Wildman–Crippen LogP) is 1.86. The van der Waals surface area contributed by atoms with Gasteiger partial charge in [0.25, 0.3) is 0 Å². The summed E-state index contributed by atoms with van der Waals surface area (Å²) >= 11 is 0. The second-order valence-corrected chi connectivity index (χ2v) is 2.91. The molecule has 0 N–H and O–H groups in total. The van der Waals surface area contributed by atoms with Gasteiger partial charge in [-0.3, -0.25) is 0 Å². The van der Waals surface area contributed by atoms with Crippen molar-refractivity contribution in [1.82, 2.24) is 0 Å². The Labute approximate surface area is 83.1 Å². The topological polar surface area (TPSA) is 16.2 Å². The molecule has 0 aliphatic rings. The Hall–Kier alpha value is -1.96. The van der Waals surface area contributed by atoms with Crippen LogP contribution in [0.5, 0.6) is 0 Å². The van der Waals surface area contributed by atoms with Crippen LogP contribution in [0.3, 0.4) is 0 Å². The van der Waals surface area contributed by atoms with Gasteiger partial charge >= 0.3 is 0 Å². The molecule has 2 rings (SSSR count). The Kier molecular flexibility index (Phi) is 2.67. The predicted molar refractivity (Wildman–Crippen MR) is 56.1 cm³/mol. The second-order valence-electron chi connectivity index (χ2n) is 2.91. The van der Waals surface area contributed by atoms with Crippen molar-refractivity contribution in [1.29, 1.82) is 0 Å². The summed E-state index contributed by atoms with van der Waals surface area (Å²) in [5, 5.41) is 4.27. The zero-order valence-electron chi connectivity index (χ0n) is 7.75. The molecule has 1 heterocycles. The van der Waals surface area contributed by atoms with E-state index in [2.05, 4.69) is 5.10 Å². The molecule has 0 radical (unpaired) electrons. The van der Waals surface area contributed by atoms with Crippen LogP contribution in [0.1, 0.15) is 5.56 Å². The maximum absolute atomic E-state index is 4.27. The van der Waals surface area contributed by atoms with Gasteiger partial charge in [0.15, 0.2) is 0 Å². The van der Waals surface area contributed by atoms with E-state index in [-0.39, 0.29) is 0 Å². The summed E-state index contributed by atoms with van der Waals surface area (Å²) in [6, 6.07) is 15.9. The average molecular weight is 183 g/mol. The molecule has 0 saturated carbocycles. The van der Waals surface area contributed by atoms with Crippen LogP contribution < -0.4 is 4.68 Å². The summed E-state index contributed by atoms with van der Waals surface area (Å²) in [6.45, 7) is 0. The monoisotopic (exact) mass is 183 g/mol. The Morgan fingerprint density at radius 3 is 2.21 bits per heavy atom. The highest BCUT2D eigenvalue weighted by Gasteiger charge is 1.91. The maximum Gasteiger partial charge on any atom is 0.202 e. The van der Waals surface area contributed by atoms with E-state index in [1.807, 2.05) is 67.1 Å². The molecule has 0 fully saturated rings. The molecular weight excluding hydrogens is 172 g/mol. The fourth-order valence-electron chi connectivity index (χ4n) is 1.14. The lowest BCUT2D eigenvalue weighted by atomic mass is 10.2. The summed E-state index contributed by atoms with van der Waals surface area (Å²) in [6.07, 6.45) is 5.64. The van der Waals surface area contributed by atoms with Crippen LogP contribution in [0.2, 0.25) is 0 Å². The molecule has 2 heteroatoms. The van der Waals surface area contributed by atoms with Crippen LogP contribution in [-0.2, 0) is 0 Å².